The van der Waals surface area contributed by atoms with Crippen LogP contribution in [0.5, 0.6) is 5.88 Å². The second-order valence-corrected chi connectivity index (χ2v) is 8.86. The third-order valence-corrected chi connectivity index (χ3v) is 6.22. The molecule has 1 heterocycles. The van der Waals surface area contributed by atoms with Gasteiger partial charge >= 0.3 is 0 Å². The minimum Gasteiger partial charge on any atom is -0.476 e. The molecule has 0 saturated heterocycles. The van der Waals surface area contributed by atoms with Crippen molar-refractivity contribution >= 4 is 21.6 Å². The highest BCUT2D eigenvalue weighted by atomic mass is 35.5. The van der Waals surface area contributed by atoms with Gasteiger partial charge in [-0.2, -0.15) is 0 Å². The quantitative estimate of drug-likeness (QED) is 0.618. The molecule has 0 amide bonds. The Morgan fingerprint density at radius 1 is 1.19 bits per heavy atom. The number of halogens is 1. The van der Waals surface area contributed by atoms with Crippen molar-refractivity contribution in [3.63, 3.8) is 0 Å². The van der Waals surface area contributed by atoms with E-state index in [-0.39, 0.29) is 36.8 Å². The summed E-state index contributed by atoms with van der Waals surface area (Å²) >= 11 is 5.80. The third kappa shape index (κ3) is 4.94. The van der Waals surface area contributed by atoms with Crippen LogP contribution in [0.1, 0.15) is 12.8 Å². The summed E-state index contributed by atoms with van der Waals surface area (Å²) in [5.41, 5.74) is -0.782. The Morgan fingerprint density at radius 3 is 2.44 bits per heavy atom. The first-order valence-corrected chi connectivity index (χ1v) is 10.2. The van der Waals surface area contributed by atoms with Crippen molar-refractivity contribution in [1.29, 1.82) is 0 Å². The Kier molecular flexibility index (Phi) is 5.97. The normalized spacial score (nSPS) is 25.4. The van der Waals surface area contributed by atoms with Crippen LogP contribution in [-0.4, -0.2) is 54.0 Å². The van der Waals surface area contributed by atoms with Gasteiger partial charge in [0.05, 0.1) is 29.9 Å². The number of sulfonamides is 1. The average molecular weight is 414 g/mol. The van der Waals surface area contributed by atoms with Gasteiger partial charge in [-0.1, -0.05) is 11.6 Å². The summed E-state index contributed by atoms with van der Waals surface area (Å²) in [7, 11) is -3.78. The molecule has 0 aliphatic heterocycles. The van der Waals surface area contributed by atoms with Crippen molar-refractivity contribution in [2.24, 2.45) is 5.41 Å². The van der Waals surface area contributed by atoms with Crippen molar-refractivity contribution in [2.45, 2.75) is 29.9 Å². The van der Waals surface area contributed by atoms with E-state index in [1.165, 1.54) is 42.9 Å². The molecule has 27 heavy (non-hydrogen) atoms. The fraction of sp³-hybridized carbons (Fsp3) is 0.412. The highest BCUT2D eigenvalue weighted by Crippen LogP contribution is 2.38. The summed E-state index contributed by atoms with van der Waals surface area (Å²) in [5, 5.41) is 20.4. The highest BCUT2D eigenvalue weighted by Gasteiger charge is 2.45. The molecule has 0 spiro atoms. The predicted molar refractivity (Wildman–Crippen MR) is 97.8 cm³/mol. The first-order valence-electron chi connectivity index (χ1n) is 8.30. The number of nitrogens with zero attached hydrogens (tertiary/aromatic N) is 2. The Morgan fingerprint density at radius 2 is 1.85 bits per heavy atom. The van der Waals surface area contributed by atoms with Crippen LogP contribution in [-0.2, 0) is 10.0 Å². The SMILES string of the molecule is O=S(=O)(NCC1(COc2cnccn2)C[C@@H](O)[C@@H](O)C1)c1ccc(Cl)cc1. The monoisotopic (exact) mass is 413 g/mol. The molecule has 0 radical (unpaired) electrons. The van der Waals surface area contributed by atoms with Crippen molar-refractivity contribution in [3.8, 4) is 5.88 Å². The number of aromatic nitrogens is 2. The predicted octanol–water partition coefficient (Wildman–Crippen LogP) is 0.989. The van der Waals surface area contributed by atoms with E-state index >= 15 is 0 Å². The number of aliphatic hydroxyl groups excluding tert-OH is 2. The molecule has 0 bridgehead atoms. The first kappa shape index (κ1) is 20.0. The number of aliphatic hydroxyl groups is 2. The number of benzene rings is 1. The van der Waals surface area contributed by atoms with E-state index in [9.17, 15) is 18.6 Å². The van der Waals surface area contributed by atoms with Gasteiger partial charge in [0.15, 0.2) is 0 Å². The molecule has 1 unspecified atom stereocenters. The minimum absolute atomic E-state index is 0.00760. The van der Waals surface area contributed by atoms with Gasteiger partial charge in [-0.15, -0.1) is 0 Å². The molecule has 3 N–H and O–H groups in total. The molecule has 2 aromatic rings. The maximum absolute atomic E-state index is 12.5. The van der Waals surface area contributed by atoms with Gasteiger partial charge in [-0.3, -0.25) is 4.98 Å². The lowest BCUT2D eigenvalue weighted by Gasteiger charge is -2.28. The molecule has 1 aliphatic carbocycles. The number of rotatable bonds is 7. The second kappa shape index (κ2) is 8.07. The standard InChI is InChI=1S/C17H20ClN3O5S/c18-12-1-3-13(4-2-12)27(24,25)21-10-17(7-14(22)15(23)8-17)11-26-16-9-19-5-6-20-16/h1-6,9,14-15,21-23H,7-8,10-11H2/t14-,15+,17?. The van der Waals surface area contributed by atoms with Gasteiger partial charge in [0.1, 0.15) is 0 Å². The average Bonchev–Trinajstić information content (AvgIpc) is 2.94. The van der Waals surface area contributed by atoms with E-state index in [4.69, 9.17) is 16.3 Å². The topological polar surface area (TPSA) is 122 Å². The fourth-order valence-corrected chi connectivity index (χ4v) is 4.37. The van der Waals surface area contributed by atoms with E-state index in [1.807, 2.05) is 0 Å². The van der Waals surface area contributed by atoms with Crippen LogP contribution in [0.3, 0.4) is 0 Å². The van der Waals surface area contributed by atoms with Crippen molar-refractivity contribution in [2.75, 3.05) is 13.2 Å². The molecule has 8 nitrogen and oxygen atoms in total. The highest BCUT2D eigenvalue weighted by molar-refractivity contribution is 7.89. The smallest absolute Gasteiger partial charge is 0.240 e. The zero-order valence-corrected chi connectivity index (χ0v) is 15.9. The van der Waals surface area contributed by atoms with Crippen LogP contribution in [0.15, 0.2) is 47.8 Å². The lowest BCUT2D eigenvalue weighted by molar-refractivity contribution is 0.0438. The van der Waals surface area contributed by atoms with Crippen LogP contribution < -0.4 is 9.46 Å². The summed E-state index contributed by atoms with van der Waals surface area (Å²) in [4.78, 5) is 8.00. The van der Waals surface area contributed by atoms with Gasteiger partial charge in [0.25, 0.3) is 0 Å². The maximum atomic E-state index is 12.5. The molecule has 1 aromatic heterocycles. The minimum atomic E-state index is -3.78. The van der Waals surface area contributed by atoms with E-state index in [1.54, 1.807) is 0 Å². The van der Waals surface area contributed by atoms with Crippen LogP contribution in [0, 0.1) is 5.41 Å². The molecule has 1 saturated carbocycles. The van der Waals surface area contributed by atoms with Gasteiger partial charge in [-0.05, 0) is 37.1 Å². The Labute approximate surface area is 162 Å². The Bertz CT molecular complexity index is 854. The number of ether oxygens (including phenoxy) is 1. The molecular weight excluding hydrogens is 394 g/mol. The molecule has 10 heteroatoms. The summed E-state index contributed by atoms with van der Waals surface area (Å²) < 4.78 is 33.2. The van der Waals surface area contributed by atoms with E-state index < -0.39 is 27.6 Å². The molecule has 146 valence electrons. The Balaban J connectivity index is 1.73. The number of nitrogens with one attached hydrogen (secondary N) is 1. The number of hydrogen-bond donors (Lipinski definition) is 3. The Hall–Kier alpha value is -1.78. The van der Waals surface area contributed by atoms with E-state index in [0.29, 0.717) is 5.02 Å². The van der Waals surface area contributed by atoms with Gasteiger partial charge in [-0.25, -0.2) is 18.1 Å². The van der Waals surface area contributed by atoms with Crippen LogP contribution in [0.25, 0.3) is 0 Å². The van der Waals surface area contributed by atoms with Crippen molar-refractivity contribution < 1.29 is 23.4 Å². The summed E-state index contributed by atoms with van der Waals surface area (Å²) in [6.07, 6.45) is 2.91. The zero-order chi connectivity index (χ0) is 19.5. The van der Waals surface area contributed by atoms with Gasteiger partial charge in [0, 0.05) is 29.4 Å². The van der Waals surface area contributed by atoms with Crippen LogP contribution in [0.2, 0.25) is 5.02 Å². The fourth-order valence-electron chi connectivity index (χ4n) is 3.09. The van der Waals surface area contributed by atoms with E-state index in [0.717, 1.165) is 0 Å². The maximum Gasteiger partial charge on any atom is 0.240 e. The molecule has 1 aromatic carbocycles. The summed E-state index contributed by atoms with van der Waals surface area (Å²) in [5.74, 6) is 0.285. The van der Waals surface area contributed by atoms with Gasteiger partial charge in [0.2, 0.25) is 15.9 Å². The molecule has 1 aliphatic rings. The lowest BCUT2D eigenvalue weighted by Crippen LogP contribution is -2.40. The van der Waals surface area contributed by atoms with Crippen LogP contribution in [0.4, 0.5) is 0 Å². The molecule has 1 fully saturated rings. The molecular formula is C17H20ClN3O5S. The largest absolute Gasteiger partial charge is 0.476 e. The molecule has 3 rings (SSSR count). The van der Waals surface area contributed by atoms with Gasteiger partial charge < -0.3 is 14.9 Å². The summed E-state index contributed by atoms with van der Waals surface area (Å²) in [6.45, 7) is 0.0648. The number of hydrogen-bond acceptors (Lipinski definition) is 7. The van der Waals surface area contributed by atoms with E-state index in [2.05, 4.69) is 14.7 Å². The van der Waals surface area contributed by atoms with Crippen LogP contribution >= 0.6 is 11.6 Å². The third-order valence-electron chi connectivity index (χ3n) is 4.56. The summed E-state index contributed by atoms with van der Waals surface area (Å²) in [6, 6.07) is 5.80. The second-order valence-electron chi connectivity index (χ2n) is 6.65. The lowest BCUT2D eigenvalue weighted by atomic mass is 9.87. The first-order chi connectivity index (χ1) is 12.8. The molecule has 3 atom stereocenters. The van der Waals surface area contributed by atoms with Crippen molar-refractivity contribution in [3.05, 3.63) is 47.9 Å². The zero-order valence-electron chi connectivity index (χ0n) is 14.3. The van der Waals surface area contributed by atoms with Crippen molar-refractivity contribution in [1.82, 2.24) is 14.7 Å².